The maximum Gasteiger partial charge on any atom is 0.211 e. The zero-order valence-corrected chi connectivity index (χ0v) is 19.2. The number of amides is 1. The van der Waals surface area contributed by atoms with Crippen LogP contribution in [0.4, 0.5) is 15.9 Å². The lowest BCUT2D eigenvalue weighted by Gasteiger charge is -2.04. The lowest BCUT2D eigenvalue weighted by atomic mass is 10.1. The number of nitrogens with zero attached hydrogens (tertiary/aromatic N) is 1. The third-order valence-electron chi connectivity index (χ3n) is 3.96. The van der Waals surface area contributed by atoms with Crippen LogP contribution < -0.4 is 10.6 Å². The smallest absolute Gasteiger partial charge is 0.211 e. The van der Waals surface area contributed by atoms with Gasteiger partial charge in [0.25, 0.3) is 0 Å². The van der Waals surface area contributed by atoms with E-state index in [2.05, 4.69) is 26.9 Å². The van der Waals surface area contributed by atoms with Gasteiger partial charge in [0.15, 0.2) is 11.6 Å². The first kappa shape index (κ1) is 24.7. The molecule has 0 saturated heterocycles. The molecule has 0 aliphatic heterocycles. The molecule has 1 aromatic carbocycles. The molecule has 3 aromatic rings. The molecule has 0 aliphatic carbocycles. The van der Waals surface area contributed by atoms with Gasteiger partial charge in [-0.05, 0) is 43.5 Å². The molecule has 2 heterocycles. The van der Waals surface area contributed by atoms with Gasteiger partial charge in [-0.15, -0.1) is 0 Å². The van der Waals surface area contributed by atoms with Crippen LogP contribution in [0, 0.1) is 12.7 Å². The van der Waals surface area contributed by atoms with Crippen LogP contribution >= 0.6 is 35.0 Å². The van der Waals surface area contributed by atoms with E-state index in [1.807, 2.05) is 12.1 Å². The van der Waals surface area contributed by atoms with Crippen molar-refractivity contribution in [3.63, 3.8) is 0 Å². The number of aromatic amines is 1. The van der Waals surface area contributed by atoms with Crippen molar-refractivity contribution in [2.45, 2.75) is 6.92 Å². The van der Waals surface area contributed by atoms with Crippen LogP contribution in [-0.4, -0.2) is 40.7 Å². The summed E-state index contributed by atoms with van der Waals surface area (Å²) in [6, 6.07) is 7.99. The molecule has 31 heavy (non-hydrogen) atoms. The fourth-order valence-electron chi connectivity index (χ4n) is 2.45. The summed E-state index contributed by atoms with van der Waals surface area (Å²) in [7, 11) is 0. The standard InChI is InChI=1S/C12H8Cl2FNO.C9H13N3OS/c1-6-4-7(5-16-6)12(17)10-8(13)2-3-9(14)11(10)15;1-14-5-4-10-9-3-2-8(6-11-9)12-7-13/h2-5,16H,1H3;2-3,6-7H,4-5H2,1H3,(H,10,11)(H,12,13). The number of anilines is 2. The van der Waals surface area contributed by atoms with Gasteiger partial charge in [-0.1, -0.05) is 23.2 Å². The predicted molar refractivity (Wildman–Crippen MR) is 126 cm³/mol. The number of aromatic nitrogens is 2. The van der Waals surface area contributed by atoms with Crippen LogP contribution in [0.25, 0.3) is 0 Å². The van der Waals surface area contributed by atoms with Gasteiger partial charge in [0.1, 0.15) is 5.82 Å². The Balaban J connectivity index is 0.000000225. The van der Waals surface area contributed by atoms with Crippen LogP contribution in [0.5, 0.6) is 0 Å². The monoisotopic (exact) mass is 482 g/mol. The normalized spacial score (nSPS) is 10.1. The number of hydrogen-bond donors (Lipinski definition) is 3. The maximum atomic E-state index is 13.8. The number of aryl methyl sites for hydroxylation is 1. The average Bonchev–Trinajstić information content (AvgIpc) is 3.19. The molecule has 0 aliphatic rings. The number of rotatable bonds is 8. The highest BCUT2D eigenvalue weighted by molar-refractivity contribution is 7.98. The van der Waals surface area contributed by atoms with Crippen molar-refractivity contribution in [3.05, 3.63) is 75.4 Å². The molecule has 3 rings (SSSR count). The summed E-state index contributed by atoms with van der Waals surface area (Å²) in [6.45, 7) is 2.70. The van der Waals surface area contributed by atoms with E-state index in [0.29, 0.717) is 17.7 Å². The molecule has 0 fully saturated rings. The van der Waals surface area contributed by atoms with Gasteiger partial charge in [-0.25, -0.2) is 9.37 Å². The minimum Gasteiger partial charge on any atom is -0.369 e. The van der Waals surface area contributed by atoms with Crippen molar-refractivity contribution in [1.82, 2.24) is 9.97 Å². The molecule has 164 valence electrons. The predicted octanol–water partition coefficient (Wildman–Crippen LogP) is 5.42. The van der Waals surface area contributed by atoms with E-state index < -0.39 is 11.6 Å². The first-order chi connectivity index (χ1) is 14.9. The first-order valence-corrected chi connectivity index (χ1v) is 11.2. The van der Waals surface area contributed by atoms with Crippen LogP contribution in [0.2, 0.25) is 10.0 Å². The number of halogens is 3. The highest BCUT2D eigenvalue weighted by atomic mass is 35.5. The number of ketones is 1. The molecule has 10 heteroatoms. The molecule has 0 radical (unpaired) electrons. The molecule has 6 nitrogen and oxygen atoms in total. The Labute approximate surface area is 193 Å². The Bertz CT molecular complexity index is 1030. The van der Waals surface area contributed by atoms with E-state index in [4.69, 9.17) is 23.2 Å². The van der Waals surface area contributed by atoms with E-state index in [-0.39, 0.29) is 15.6 Å². The van der Waals surface area contributed by atoms with E-state index in [0.717, 1.165) is 23.8 Å². The van der Waals surface area contributed by atoms with E-state index in [9.17, 15) is 14.0 Å². The van der Waals surface area contributed by atoms with Crippen molar-refractivity contribution in [2.75, 3.05) is 29.2 Å². The molecule has 0 spiro atoms. The number of thioether (sulfide) groups is 1. The summed E-state index contributed by atoms with van der Waals surface area (Å²) < 4.78 is 13.8. The zero-order valence-electron chi connectivity index (χ0n) is 16.8. The van der Waals surface area contributed by atoms with E-state index >= 15 is 0 Å². The largest absolute Gasteiger partial charge is 0.369 e. The first-order valence-electron chi connectivity index (χ1n) is 9.09. The number of benzene rings is 1. The summed E-state index contributed by atoms with van der Waals surface area (Å²) in [4.78, 5) is 29.1. The number of carbonyl (C=O) groups is 2. The van der Waals surface area contributed by atoms with Crippen LogP contribution in [0.3, 0.4) is 0 Å². The summed E-state index contributed by atoms with van der Waals surface area (Å²) in [6.07, 6.45) is 5.83. The molecule has 3 N–H and O–H groups in total. The van der Waals surface area contributed by atoms with Gasteiger partial charge >= 0.3 is 0 Å². The van der Waals surface area contributed by atoms with E-state index in [1.54, 1.807) is 30.9 Å². The van der Waals surface area contributed by atoms with Gasteiger partial charge in [0, 0.05) is 29.8 Å². The quantitative estimate of drug-likeness (QED) is 0.172. The van der Waals surface area contributed by atoms with Crippen molar-refractivity contribution in [1.29, 1.82) is 0 Å². The van der Waals surface area contributed by atoms with Crippen LogP contribution in [-0.2, 0) is 4.79 Å². The van der Waals surface area contributed by atoms with Crippen molar-refractivity contribution in [2.24, 2.45) is 0 Å². The number of H-pyrrole nitrogens is 1. The highest BCUT2D eigenvalue weighted by Gasteiger charge is 2.20. The summed E-state index contributed by atoms with van der Waals surface area (Å²) >= 11 is 13.2. The molecule has 0 atom stereocenters. The van der Waals surface area contributed by atoms with Crippen molar-refractivity contribution >= 4 is 58.7 Å². The second-order valence-corrected chi connectivity index (χ2v) is 8.03. The number of hydrogen-bond acceptors (Lipinski definition) is 5. The van der Waals surface area contributed by atoms with Crippen LogP contribution in [0.15, 0.2) is 42.7 Å². The summed E-state index contributed by atoms with van der Waals surface area (Å²) in [5.41, 5.74) is 1.67. The Morgan fingerprint density at radius 2 is 2.00 bits per heavy atom. The third-order valence-corrected chi connectivity index (χ3v) is 5.18. The van der Waals surface area contributed by atoms with E-state index in [1.165, 1.54) is 18.3 Å². The molecule has 0 bridgehead atoms. The van der Waals surface area contributed by atoms with Crippen molar-refractivity contribution < 1.29 is 14.0 Å². The van der Waals surface area contributed by atoms with Gasteiger partial charge < -0.3 is 15.6 Å². The van der Waals surface area contributed by atoms with Crippen molar-refractivity contribution in [3.8, 4) is 0 Å². The second-order valence-electron chi connectivity index (χ2n) is 6.23. The number of carbonyl (C=O) groups excluding carboxylic acids is 2. The van der Waals surface area contributed by atoms with Crippen LogP contribution in [0.1, 0.15) is 21.6 Å². The molecular formula is C21H21Cl2FN4O2S. The van der Waals surface area contributed by atoms with Gasteiger partial charge in [0.2, 0.25) is 6.41 Å². The average molecular weight is 483 g/mol. The molecule has 1 amide bonds. The van der Waals surface area contributed by atoms with Gasteiger partial charge in [0.05, 0.1) is 27.5 Å². The lowest BCUT2D eigenvalue weighted by Crippen LogP contribution is -2.05. The van der Waals surface area contributed by atoms with Gasteiger partial charge in [-0.3, -0.25) is 9.59 Å². The Hall–Kier alpha value is -2.55. The molecule has 2 aromatic heterocycles. The van der Waals surface area contributed by atoms with Gasteiger partial charge in [-0.2, -0.15) is 11.8 Å². The number of pyridine rings is 1. The SMILES string of the molecule is CSCCNc1ccc(NC=O)cn1.Cc1cc(C(=O)c2c(Cl)ccc(Cl)c2F)c[nH]1. The molecule has 0 unspecified atom stereocenters. The third kappa shape index (κ3) is 7.27. The maximum absolute atomic E-state index is 13.8. The highest BCUT2D eigenvalue weighted by Crippen LogP contribution is 2.27. The minimum atomic E-state index is -0.789. The summed E-state index contributed by atoms with van der Waals surface area (Å²) in [5, 5.41) is 5.63. The number of nitrogens with one attached hydrogen (secondary N) is 3. The topological polar surface area (TPSA) is 86.9 Å². The molecular weight excluding hydrogens is 462 g/mol. The Morgan fingerprint density at radius 1 is 1.26 bits per heavy atom. The Kier molecular flexibility index (Phi) is 9.84. The lowest BCUT2D eigenvalue weighted by molar-refractivity contribution is -0.105. The fraction of sp³-hybridized carbons (Fsp3) is 0.190. The fourth-order valence-corrected chi connectivity index (χ4v) is 3.15. The minimum absolute atomic E-state index is 0.0516. The second kappa shape index (κ2) is 12.3. The zero-order chi connectivity index (χ0) is 22.8. The molecule has 0 saturated carbocycles. The Morgan fingerprint density at radius 3 is 2.58 bits per heavy atom. The summed E-state index contributed by atoms with van der Waals surface area (Å²) in [5.74, 6) is 0.605.